The molecule has 124 valence electrons. The zero-order valence-electron chi connectivity index (χ0n) is 13.2. The smallest absolute Gasteiger partial charge is 0.370 e. The lowest BCUT2D eigenvalue weighted by atomic mass is 10.2. The highest BCUT2D eigenvalue weighted by atomic mass is 19.4. The fourth-order valence-corrected chi connectivity index (χ4v) is 1.93. The van der Waals surface area contributed by atoms with Crippen LogP contribution in [-0.2, 0) is 6.18 Å². The van der Waals surface area contributed by atoms with Crippen LogP contribution in [0.2, 0.25) is 0 Å². The van der Waals surface area contributed by atoms with Crippen LogP contribution in [-0.4, -0.2) is 16.5 Å². The molecular formula is C16H19F3N4. The molecule has 1 aromatic heterocycles. The van der Waals surface area contributed by atoms with E-state index in [9.17, 15) is 13.2 Å². The molecule has 0 atom stereocenters. The lowest BCUT2D eigenvalue weighted by Crippen LogP contribution is -2.11. The summed E-state index contributed by atoms with van der Waals surface area (Å²) in [5, 5.41) is 6.00. The second-order valence-electron chi connectivity index (χ2n) is 5.70. The first-order valence-electron chi connectivity index (χ1n) is 7.28. The molecule has 0 radical (unpaired) electrons. The van der Waals surface area contributed by atoms with E-state index < -0.39 is 11.7 Å². The van der Waals surface area contributed by atoms with Gasteiger partial charge in [0, 0.05) is 24.0 Å². The van der Waals surface area contributed by atoms with Crippen LogP contribution < -0.4 is 10.6 Å². The Morgan fingerprint density at radius 1 is 1.13 bits per heavy atom. The molecule has 0 bridgehead atoms. The monoisotopic (exact) mass is 324 g/mol. The lowest BCUT2D eigenvalue weighted by Gasteiger charge is -2.12. The zero-order chi connectivity index (χ0) is 17.0. The molecule has 1 aromatic carbocycles. The number of hydrogen-bond donors (Lipinski definition) is 2. The lowest BCUT2D eigenvalue weighted by molar-refractivity contribution is -0.137. The van der Waals surface area contributed by atoms with Gasteiger partial charge in [-0.15, -0.1) is 0 Å². The van der Waals surface area contributed by atoms with Crippen molar-refractivity contribution in [2.24, 2.45) is 5.92 Å². The van der Waals surface area contributed by atoms with Gasteiger partial charge in [0.25, 0.3) is 0 Å². The maximum Gasteiger partial charge on any atom is 0.416 e. The molecule has 2 rings (SSSR count). The predicted octanol–water partition coefficient (Wildman–Crippen LogP) is 4.62. The fraction of sp³-hybridized carbons (Fsp3) is 0.375. The Kier molecular flexibility index (Phi) is 5.08. The van der Waals surface area contributed by atoms with Crippen LogP contribution in [0.15, 0.2) is 30.3 Å². The first-order chi connectivity index (χ1) is 10.7. The Morgan fingerprint density at radius 2 is 1.87 bits per heavy atom. The van der Waals surface area contributed by atoms with E-state index >= 15 is 0 Å². The minimum absolute atomic E-state index is 0.260. The average molecular weight is 324 g/mol. The van der Waals surface area contributed by atoms with Crippen molar-refractivity contribution >= 4 is 17.5 Å². The van der Waals surface area contributed by atoms with E-state index in [4.69, 9.17) is 0 Å². The van der Waals surface area contributed by atoms with Crippen LogP contribution in [0.3, 0.4) is 0 Å². The number of nitrogens with one attached hydrogen (secondary N) is 2. The fourth-order valence-electron chi connectivity index (χ4n) is 1.93. The molecule has 0 amide bonds. The summed E-state index contributed by atoms with van der Waals surface area (Å²) in [5.41, 5.74) is 0.300. The second kappa shape index (κ2) is 6.85. The molecule has 0 saturated carbocycles. The summed E-state index contributed by atoms with van der Waals surface area (Å²) in [6.45, 7) is 6.70. The molecule has 1 heterocycles. The van der Waals surface area contributed by atoms with Crippen molar-refractivity contribution in [2.75, 3.05) is 17.2 Å². The molecule has 0 aliphatic carbocycles. The van der Waals surface area contributed by atoms with Crippen molar-refractivity contribution in [3.63, 3.8) is 0 Å². The highest BCUT2D eigenvalue weighted by Gasteiger charge is 2.30. The van der Waals surface area contributed by atoms with Gasteiger partial charge in [0.1, 0.15) is 5.82 Å². The number of alkyl halides is 3. The number of benzene rings is 1. The number of rotatable bonds is 5. The van der Waals surface area contributed by atoms with Gasteiger partial charge in [0.15, 0.2) is 0 Å². The Morgan fingerprint density at radius 3 is 2.52 bits per heavy atom. The number of nitrogens with zero attached hydrogens (tertiary/aromatic N) is 2. The van der Waals surface area contributed by atoms with E-state index in [0.717, 1.165) is 24.4 Å². The van der Waals surface area contributed by atoms with Gasteiger partial charge in [-0.1, -0.05) is 19.9 Å². The van der Waals surface area contributed by atoms with Crippen LogP contribution in [0.25, 0.3) is 0 Å². The number of aromatic nitrogens is 2. The summed E-state index contributed by atoms with van der Waals surface area (Å²) in [6.07, 6.45) is -4.38. The molecule has 2 N–H and O–H groups in total. The first-order valence-corrected chi connectivity index (χ1v) is 7.28. The van der Waals surface area contributed by atoms with E-state index in [1.54, 1.807) is 19.1 Å². The second-order valence-corrected chi connectivity index (χ2v) is 5.70. The zero-order valence-corrected chi connectivity index (χ0v) is 13.2. The van der Waals surface area contributed by atoms with Crippen LogP contribution >= 0.6 is 0 Å². The molecule has 0 unspecified atom stereocenters. The maximum atomic E-state index is 12.7. The predicted molar refractivity (Wildman–Crippen MR) is 84.8 cm³/mol. The third-order valence-electron chi connectivity index (χ3n) is 2.99. The topological polar surface area (TPSA) is 49.8 Å². The highest BCUT2D eigenvalue weighted by Crippen LogP contribution is 2.31. The molecule has 0 aliphatic heterocycles. The first kappa shape index (κ1) is 17.1. The Hall–Kier alpha value is -2.31. The Labute approximate surface area is 133 Å². The Balaban J connectivity index is 2.20. The number of anilines is 3. The van der Waals surface area contributed by atoms with Crippen molar-refractivity contribution in [3.05, 3.63) is 41.6 Å². The molecular weight excluding hydrogens is 305 g/mol. The summed E-state index contributed by atoms with van der Waals surface area (Å²) in [4.78, 5) is 8.48. The van der Waals surface area contributed by atoms with Crippen molar-refractivity contribution in [1.82, 2.24) is 9.97 Å². The summed E-state index contributed by atoms with van der Waals surface area (Å²) in [5.74, 6) is 1.35. The van der Waals surface area contributed by atoms with Crippen molar-refractivity contribution < 1.29 is 13.2 Å². The van der Waals surface area contributed by atoms with E-state index in [1.807, 2.05) is 0 Å². The Bertz CT molecular complexity index is 669. The quantitative estimate of drug-likeness (QED) is 0.843. The van der Waals surface area contributed by atoms with Gasteiger partial charge in [-0.05, 0) is 31.0 Å². The minimum atomic E-state index is -4.38. The van der Waals surface area contributed by atoms with Gasteiger partial charge < -0.3 is 10.6 Å². The van der Waals surface area contributed by atoms with Crippen molar-refractivity contribution in [3.8, 4) is 0 Å². The van der Waals surface area contributed by atoms with Crippen LogP contribution in [0.5, 0.6) is 0 Å². The number of aryl methyl sites for hydroxylation is 1. The van der Waals surface area contributed by atoms with E-state index in [0.29, 0.717) is 17.4 Å². The molecule has 2 aromatic rings. The van der Waals surface area contributed by atoms with Crippen molar-refractivity contribution in [2.45, 2.75) is 26.9 Å². The molecule has 7 heteroatoms. The molecule has 23 heavy (non-hydrogen) atoms. The maximum absolute atomic E-state index is 12.7. The van der Waals surface area contributed by atoms with E-state index in [-0.39, 0.29) is 5.95 Å². The van der Waals surface area contributed by atoms with Gasteiger partial charge in [0.05, 0.1) is 5.56 Å². The molecule has 0 fully saturated rings. The summed E-state index contributed by atoms with van der Waals surface area (Å²) in [6, 6.07) is 6.74. The van der Waals surface area contributed by atoms with Crippen LogP contribution in [0.1, 0.15) is 25.1 Å². The minimum Gasteiger partial charge on any atom is -0.370 e. The van der Waals surface area contributed by atoms with Gasteiger partial charge in [-0.25, -0.2) is 4.98 Å². The van der Waals surface area contributed by atoms with Gasteiger partial charge in [-0.3, -0.25) is 0 Å². The molecule has 0 saturated heterocycles. The van der Waals surface area contributed by atoms with E-state index in [2.05, 4.69) is 34.4 Å². The third-order valence-corrected chi connectivity index (χ3v) is 2.99. The molecule has 4 nitrogen and oxygen atoms in total. The van der Waals surface area contributed by atoms with Gasteiger partial charge in [-0.2, -0.15) is 18.2 Å². The van der Waals surface area contributed by atoms with Crippen LogP contribution in [0, 0.1) is 12.8 Å². The standard InChI is InChI=1S/C16H19F3N4/c1-10(2)9-20-14-7-11(3)21-15(23-14)22-13-6-4-5-12(8-13)16(17,18)19/h4-8,10H,9H2,1-3H3,(H2,20,21,22,23). The van der Waals surface area contributed by atoms with Gasteiger partial charge in [0.2, 0.25) is 5.95 Å². The normalized spacial score (nSPS) is 11.6. The number of hydrogen-bond acceptors (Lipinski definition) is 4. The number of halogens is 3. The molecule has 0 aliphatic rings. The largest absolute Gasteiger partial charge is 0.416 e. The van der Waals surface area contributed by atoms with Crippen molar-refractivity contribution in [1.29, 1.82) is 0 Å². The summed E-state index contributed by atoms with van der Waals surface area (Å²) >= 11 is 0. The van der Waals surface area contributed by atoms with Crippen LogP contribution in [0.4, 0.5) is 30.6 Å². The third kappa shape index (κ3) is 5.12. The van der Waals surface area contributed by atoms with Gasteiger partial charge >= 0.3 is 6.18 Å². The molecule has 0 spiro atoms. The average Bonchev–Trinajstić information content (AvgIpc) is 2.44. The highest BCUT2D eigenvalue weighted by molar-refractivity contribution is 5.56. The SMILES string of the molecule is Cc1cc(NCC(C)C)nc(Nc2cccc(C(F)(F)F)c2)n1. The summed E-state index contributed by atoms with van der Waals surface area (Å²) < 4.78 is 38.2. The van der Waals surface area contributed by atoms with E-state index in [1.165, 1.54) is 6.07 Å². The summed E-state index contributed by atoms with van der Waals surface area (Å²) in [7, 11) is 0.